The molecule has 0 bridgehead atoms. The Balaban J connectivity index is 1.55. The smallest absolute Gasteiger partial charge is 0.266 e. The molecule has 0 aliphatic carbocycles. The zero-order valence-corrected chi connectivity index (χ0v) is 18.2. The van der Waals surface area contributed by atoms with Gasteiger partial charge in [-0.2, -0.15) is 5.26 Å². The quantitative estimate of drug-likeness (QED) is 0.547. The van der Waals surface area contributed by atoms with Gasteiger partial charge in [0.2, 0.25) is 0 Å². The fourth-order valence-electron chi connectivity index (χ4n) is 3.82. The Labute approximate surface area is 180 Å². The molecule has 3 rings (SSSR count). The van der Waals surface area contributed by atoms with Crippen molar-refractivity contribution in [1.29, 1.82) is 5.26 Å². The minimum absolute atomic E-state index is 0.0920. The molecule has 0 atom stereocenters. The lowest BCUT2D eigenvalue weighted by molar-refractivity contribution is -0.128. The molecule has 1 amide bonds. The summed E-state index contributed by atoms with van der Waals surface area (Å²) in [4.78, 5) is 14.6. The first-order valence-corrected chi connectivity index (χ1v) is 10.7. The number of benzene rings is 2. The Morgan fingerprint density at radius 2 is 1.73 bits per heavy atom. The summed E-state index contributed by atoms with van der Waals surface area (Å²) in [5.41, 5.74) is 3.70. The minimum Gasteiger partial charge on any atom is -0.360 e. The summed E-state index contributed by atoms with van der Waals surface area (Å²) >= 11 is 0. The lowest BCUT2D eigenvalue weighted by Crippen LogP contribution is -2.39. The lowest BCUT2D eigenvalue weighted by atomic mass is 9.87. The molecule has 2 aromatic rings. The van der Waals surface area contributed by atoms with Crippen LogP contribution in [-0.4, -0.2) is 23.9 Å². The summed E-state index contributed by atoms with van der Waals surface area (Å²) < 4.78 is 0. The van der Waals surface area contributed by atoms with E-state index < -0.39 is 0 Å². The van der Waals surface area contributed by atoms with Crippen LogP contribution in [0, 0.1) is 17.2 Å². The third-order valence-corrected chi connectivity index (χ3v) is 5.75. The number of nitrogens with one attached hydrogen (secondary N) is 1. The zero-order valence-electron chi connectivity index (χ0n) is 18.2. The van der Waals surface area contributed by atoms with E-state index in [9.17, 15) is 10.1 Å². The molecule has 1 aliphatic rings. The number of nitrogens with zero attached hydrogens (tertiary/aromatic N) is 2. The Kier molecular flexibility index (Phi) is 6.95. The second-order valence-corrected chi connectivity index (χ2v) is 9.07. The van der Waals surface area contributed by atoms with Crippen molar-refractivity contribution in [3.8, 4) is 6.07 Å². The second kappa shape index (κ2) is 9.63. The molecule has 2 aromatic carbocycles. The van der Waals surface area contributed by atoms with Crippen LogP contribution in [0.4, 0.5) is 5.69 Å². The third kappa shape index (κ3) is 5.73. The number of anilines is 1. The zero-order chi connectivity index (χ0) is 21.6. The van der Waals surface area contributed by atoms with E-state index in [0.29, 0.717) is 19.0 Å². The maximum Gasteiger partial charge on any atom is 0.266 e. The van der Waals surface area contributed by atoms with E-state index in [1.165, 1.54) is 17.3 Å². The van der Waals surface area contributed by atoms with Gasteiger partial charge in [-0.15, -0.1) is 0 Å². The van der Waals surface area contributed by atoms with E-state index >= 15 is 0 Å². The molecule has 0 saturated carbocycles. The van der Waals surface area contributed by atoms with Crippen molar-refractivity contribution in [2.45, 2.75) is 45.4 Å². The summed E-state index contributed by atoms with van der Waals surface area (Å²) in [5, 5.41) is 12.6. The van der Waals surface area contributed by atoms with Gasteiger partial charge in [0.15, 0.2) is 0 Å². The Morgan fingerprint density at radius 1 is 1.10 bits per heavy atom. The maximum atomic E-state index is 12.8. The highest BCUT2D eigenvalue weighted by Crippen LogP contribution is 2.24. The van der Waals surface area contributed by atoms with Crippen molar-refractivity contribution < 1.29 is 4.79 Å². The van der Waals surface area contributed by atoms with Gasteiger partial charge in [-0.25, -0.2) is 0 Å². The van der Waals surface area contributed by atoms with Crippen LogP contribution in [0.3, 0.4) is 0 Å². The largest absolute Gasteiger partial charge is 0.360 e. The van der Waals surface area contributed by atoms with Crippen LogP contribution in [-0.2, 0) is 16.6 Å². The summed E-state index contributed by atoms with van der Waals surface area (Å²) in [6.45, 7) is 7.92. The predicted molar refractivity (Wildman–Crippen MR) is 122 cm³/mol. The molecule has 156 valence electrons. The number of likely N-dealkylation sites (tertiary alicyclic amines) is 1. The summed E-state index contributed by atoms with van der Waals surface area (Å²) in [5.74, 6) is 0.403. The lowest BCUT2D eigenvalue weighted by Gasteiger charge is -2.32. The second-order valence-electron chi connectivity index (χ2n) is 9.07. The van der Waals surface area contributed by atoms with Crippen LogP contribution in [0.15, 0.2) is 66.4 Å². The number of nitriles is 1. The molecule has 4 heteroatoms. The van der Waals surface area contributed by atoms with Crippen molar-refractivity contribution in [2.24, 2.45) is 5.92 Å². The van der Waals surface area contributed by atoms with E-state index in [1.807, 2.05) is 18.2 Å². The van der Waals surface area contributed by atoms with E-state index in [4.69, 9.17) is 0 Å². The van der Waals surface area contributed by atoms with Gasteiger partial charge >= 0.3 is 0 Å². The van der Waals surface area contributed by atoms with Gasteiger partial charge in [0.25, 0.3) is 5.91 Å². The number of piperidine rings is 1. The molecule has 0 unspecified atom stereocenters. The molecule has 1 saturated heterocycles. The normalized spacial score (nSPS) is 15.5. The molecule has 4 nitrogen and oxygen atoms in total. The number of hydrogen-bond acceptors (Lipinski definition) is 3. The first-order chi connectivity index (χ1) is 14.4. The van der Waals surface area contributed by atoms with Gasteiger partial charge in [0.05, 0.1) is 0 Å². The molecule has 0 aromatic heterocycles. The van der Waals surface area contributed by atoms with E-state index in [0.717, 1.165) is 24.9 Å². The number of amides is 1. The fourth-order valence-corrected chi connectivity index (χ4v) is 3.82. The van der Waals surface area contributed by atoms with Gasteiger partial charge in [-0.05, 0) is 53.9 Å². The van der Waals surface area contributed by atoms with Crippen molar-refractivity contribution >= 4 is 11.6 Å². The van der Waals surface area contributed by atoms with E-state index in [1.54, 1.807) is 4.90 Å². The molecule has 1 fully saturated rings. The first-order valence-electron chi connectivity index (χ1n) is 10.7. The molecular weight excluding hydrogens is 370 g/mol. The topological polar surface area (TPSA) is 56.1 Å². The Hall–Kier alpha value is -3.06. The van der Waals surface area contributed by atoms with Crippen molar-refractivity contribution in [2.75, 3.05) is 18.4 Å². The summed E-state index contributed by atoms with van der Waals surface area (Å²) in [6, 6.07) is 20.7. The van der Waals surface area contributed by atoms with Crippen LogP contribution in [0.25, 0.3) is 0 Å². The van der Waals surface area contributed by atoms with E-state index in [2.05, 4.69) is 68.6 Å². The number of carbonyl (C=O) groups is 1. The molecule has 0 spiro atoms. The highest BCUT2D eigenvalue weighted by Gasteiger charge is 2.25. The van der Waals surface area contributed by atoms with Crippen molar-refractivity contribution in [3.05, 3.63) is 77.5 Å². The fraction of sp³-hybridized carbons (Fsp3) is 0.385. The molecule has 1 heterocycles. The van der Waals surface area contributed by atoms with Gasteiger partial charge in [-0.3, -0.25) is 4.79 Å². The van der Waals surface area contributed by atoms with Gasteiger partial charge in [0, 0.05) is 25.0 Å². The van der Waals surface area contributed by atoms with Crippen molar-refractivity contribution in [3.63, 3.8) is 0 Å². The summed E-state index contributed by atoms with van der Waals surface area (Å²) in [6.07, 6.45) is 4.53. The maximum absolute atomic E-state index is 12.8. The molecule has 30 heavy (non-hydrogen) atoms. The van der Waals surface area contributed by atoms with Crippen LogP contribution >= 0.6 is 0 Å². The molecule has 1 N–H and O–H groups in total. The van der Waals surface area contributed by atoms with Crippen LogP contribution in [0.1, 0.15) is 44.7 Å². The van der Waals surface area contributed by atoms with Gasteiger partial charge in [0.1, 0.15) is 11.6 Å². The number of carbonyl (C=O) groups excluding carboxylic acids is 1. The first kappa shape index (κ1) is 21.6. The van der Waals surface area contributed by atoms with Crippen LogP contribution in [0.2, 0.25) is 0 Å². The molecule has 1 aliphatic heterocycles. The third-order valence-electron chi connectivity index (χ3n) is 5.75. The highest BCUT2D eigenvalue weighted by atomic mass is 16.2. The van der Waals surface area contributed by atoms with Crippen molar-refractivity contribution in [1.82, 2.24) is 4.90 Å². The van der Waals surface area contributed by atoms with E-state index in [-0.39, 0.29) is 16.9 Å². The minimum atomic E-state index is -0.186. The van der Waals surface area contributed by atoms with Gasteiger partial charge < -0.3 is 10.2 Å². The predicted octanol–water partition coefficient (Wildman–Crippen LogP) is 5.28. The van der Waals surface area contributed by atoms with Crippen LogP contribution in [0.5, 0.6) is 0 Å². The standard InChI is InChI=1S/C26H31N3O/c1-26(2,3)23-9-11-24(12-10-23)28-19-22(18-27)25(30)29-15-13-21(14-16-29)17-20-7-5-4-6-8-20/h4-12,19,21,28H,13-17H2,1-3H3/b22-19-. The SMILES string of the molecule is CC(C)(C)c1ccc(N/C=C(/C#N)C(=O)N2CCC(Cc3ccccc3)CC2)cc1. The molecular formula is C26H31N3O. The number of hydrogen-bond donors (Lipinski definition) is 1. The average molecular weight is 402 g/mol. The van der Waals surface area contributed by atoms with Gasteiger partial charge in [-0.1, -0.05) is 63.2 Å². The average Bonchev–Trinajstić information content (AvgIpc) is 2.75. The monoisotopic (exact) mass is 401 g/mol. The summed E-state index contributed by atoms with van der Waals surface area (Å²) in [7, 11) is 0. The molecule has 0 radical (unpaired) electrons. The Bertz CT molecular complexity index is 909. The van der Waals surface area contributed by atoms with Crippen LogP contribution < -0.4 is 5.32 Å². The Morgan fingerprint density at radius 3 is 2.30 bits per heavy atom. The highest BCUT2D eigenvalue weighted by molar-refractivity contribution is 5.97. The number of rotatable bonds is 5.